The van der Waals surface area contributed by atoms with E-state index in [0.29, 0.717) is 19.6 Å². The van der Waals surface area contributed by atoms with Crippen LogP contribution in [0.4, 0.5) is 0 Å². The quantitative estimate of drug-likeness (QED) is 0.377. The molecule has 1 fully saturated rings. The Hall–Kier alpha value is -0.200. The van der Waals surface area contributed by atoms with E-state index >= 15 is 0 Å². The lowest BCUT2D eigenvalue weighted by atomic mass is 10.1. The van der Waals surface area contributed by atoms with Crippen molar-refractivity contribution in [3.63, 3.8) is 0 Å². The van der Waals surface area contributed by atoms with E-state index in [1.54, 1.807) is 4.90 Å². The van der Waals surface area contributed by atoms with Crippen LogP contribution in [0.1, 0.15) is 0 Å². The zero-order chi connectivity index (χ0) is 9.14. The van der Waals surface area contributed by atoms with Crippen LogP contribution < -0.4 is 5.73 Å². The smallest absolute Gasteiger partial charge is 0.0978 e. The summed E-state index contributed by atoms with van der Waals surface area (Å²) in [5, 5.41) is 27.3. The van der Waals surface area contributed by atoms with Crippen LogP contribution in [0.15, 0.2) is 0 Å². The fourth-order valence-electron chi connectivity index (χ4n) is 1.63. The van der Waals surface area contributed by atoms with E-state index in [0.717, 1.165) is 0 Å². The van der Waals surface area contributed by atoms with Crippen molar-refractivity contribution in [2.45, 2.75) is 18.2 Å². The number of hydrogen-bond acceptors (Lipinski definition) is 5. The van der Waals surface area contributed by atoms with Gasteiger partial charge in [-0.25, -0.2) is 0 Å². The second kappa shape index (κ2) is 4.15. The zero-order valence-corrected chi connectivity index (χ0v) is 6.93. The molecule has 0 unspecified atom stereocenters. The molecule has 5 N–H and O–H groups in total. The molecule has 0 aromatic carbocycles. The number of hydrogen-bond donors (Lipinski definition) is 4. The van der Waals surface area contributed by atoms with Crippen molar-refractivity contribution in [2.24, 2.45) is 5.73 Å². The molecule has 1 saturated heterocycles. The van der Waals surface area contributed by atoms with Gasteiger partial charge in [-0.1, -0.05) is 0 Å². The van der Waals surface area contributed by atoms with Crippen LogP contribution in [0.2, 0.25) is 0 Å². The van der Waals surface area contributed by atoms with E-state index in [1.807, 2.05) is 0 Å². The van der Waals surface area contributed by atoms with Crippen molar-refractivity contribution in [3.8, 4) is 0 Å². The molecule has 0 saturated carbocycles. The molecule has 0 radical (unpaired) electrons. The summed E-state index contributed by atoms with van der Waals surface area (Å²) in [5.74, 6) is 0. The molecule has 1 heterocycles. The molecule has 5 nitrogen and oxygen atoms in total. The van der Waals surface area contributed by atoms with Gasteiger partial charge in [0, 0.05) is 19.6 Å². The molecule has 0 spiro atoms. The Kier molecular flexibility index (Phi) is 3.42. The Morgan fingerprint density at radius 3 is 2.58 bits per heavy atom. The monoisotopic (exact) mass is 176 g/mol. The molecule has 0 aromatic heterocycles. The molecule has 1 rings (SSSR count). The van der Waals surface area contributed by atoms with Crippen molar-refractivity contribution in [2.75, 3.05) is 26.2 Å². The van der Waals surface area contributed by atoms with E-state index in [9.17, 15) is 10.2 Å². The molecule has 72 valence electrons. The van der Waals surface area contributed by atoms with Crippen molar-refractivity contribution >= 4 is 0 Å². The average Bonchev–Trinajstić information content (AvgIpc) is 2.29. The Bertz CT molecular complexity index is 145. The Balaban J connectivity index is 2.52. The van der Waals surface area contributed by atoms with Crippen LogP contribution >= 0.6 is 0 Å². The minimum atomic E-state index is -0.776. The van der Waals surface area contributed by atoms with E-state index in [-0.39, 0.29) is 12.6 Å². The highest BCUT2D eigenvalue weighted by atomic mass is 16.3. The van der Waals surface area contributed by atoms with E-state index in [4.69, 9.17) is 10.8 Å². The molecular weight excluding hydrogens is 160 g/mol. The maximum absolute atomic E-state index is 9.40. The molecule has 12 heavy (non-hydrogen) atoms. The fourth-order valence-corrected chi connectivity index (χ4v) is 1.63. The standard InChI is InChI=1S/C7H16N2O3/c8-3-5-7(12)6(11)4-9(5)1-2-10/h5-7,10-12H,1-4,8H2/t5-,6+,7-/m1/s1. The number of aliphatic hydroxyl groups is 3. The molecule has 0 aliphatic carbocycles. The second-order valence-corrected chi connectivity index (χ2v) is 3.08. The summed E-state index contributed by atoms with van der Waals surface area (Å²) < 4.78 is 0. The fraction of sp³-hybridized carbons (Fsp3) is 1.00. The third-order valence-electron chi connectivity index (χ3n) is 2.31. The number of likely N-dealkylation sites (tertiary alicyclic amines) is 1. The Morgan fingerprint density at radius 2 is 2.08 bits per heavy atom. The first-order valence-corrected chi connectivity index (χ1v) is 4.11. The number of nitrogens with two attached hydrogens (primary N) is 1. The average molecular weight is 176 g/mol. The molecule has 0 bridgehead atoms. The lowest BCUT2D eigenvalue weighted by Crippen LogP contribution is -2.42. The van der Waals surface area contributed by atoms with Gasteiger partial charge in [0.1, 0.15) is 0 Å². The van der Waals surface area contributed by atoms with Crippen molar-refractivity contribution in [1.29, 1.82) is 0 Å². The van der Waals surface area contributed by atoms with E-state index in [2.05, 4.69) is 0 Å². The summed E-state index contributed by atoms with van der Waals surface area (Å²) in [6.45, 7) is 1.17. The Morgan fingerprint density at radius 1 is 1.42 bits per heavy atom. The van der Waals surface area contributed by atoms with Crippen LogP contribution in [-0.4, -0.2) is 64.7 Å². The SMILES string of the molecule is NC[C@@H]1[C@@H](O)[C@@H](O)CN1CCO. The lowest BCUT2D eigenvalue weighted by molar-refractivity contribution is 0.0389. The van der Waals surface area contributed by atoms with Crippen LogP contribution in [0, 0.1) is 0 Å². The number of rotatable bonds is 3. The third kappa shape index (κ3) is 1.75. The van der Waals surface area contributed by atoms with Crippen LogP contribution in [0.3, 0.4) is 0 Å². The highest BCUT2D eigenvalue weighted by Gasteiger charge is 2.38. The molecular formula is C7H16N2O3. The highest BCUT2D eigenvalue weighted by molar-refractivity contribution is 4.93. The van der Waals surface area contributed by atoms with Crippen LogP contribution in [0.25, 0.3) is 0 Å². The predicted molar refractivity (Wildman–Crippen MR) is 43.5 cm³/mol. The minimum absolute atomic E-state index is 0.0238. The molecule has 5 heteroatoms. The third-order valence-corrected chi connectivity index (χ3v) is 2.31. The van der Waals surface area contributed by atoms with Crippen molar-refractivity contribution < 1.29 is 15.3 Å². The summed E-state index contributed by atoms with van der Waals surface area (Å²) in [4.78, 5) is 1.80. The normalized spacial score (nSPS) is 37.5. The Labute approximate surface area is 71.4 Å². The summed E-state index contributed by atoms with van der Waals surface area (Å²) in [6, 6.07) is -0.216. The van der Waals surface area contributed by atoms with Gasteiger partial charge in [0.25, 0.3) is 0 Å². The van der Waals surface area contributed by atoms with Gasteiger partial charge < -0.3 is 21.1 Å². The zero-order valence-electron chi connectivity index (χ0n) is 6.93. The van der Waals surface area contributed by atoms with Crippen molar-refractivity contribution in [1.82, 2.24) is 4.90 Å². The largest absolute Gasteiger partial charge is 0.395 e. The molecule has 3 atom stereocenters. The van der Waals surface area contributed by atoms with Gasteiger partial charge in [0.2, 0.25) is 0 Å². The minimum Gasteiger partial charge on any atom is -0.395 e. The predicted octanol–water partition coefficient (Wildman–Crippen LogP) is -2.66. The second-order valence-electron chi connectivity index (χ2n) is 3.08. The first-order chi connectivity index (χ1) is 5.70. The number of nitrogens with zero attached hydrogens (tertiary/aromatic N) is 1. The maximum atomic E-state index is 9.40. The highest BCUT2D eigenvalue weighted by Crippen LogP contribution is 2.16. The summed E-state index contributed by atoms with van der Waals surface area (Å²) in [7, 11) is 0. The van der Waals surface area contributed by atoms with Gasteiger partial charge in [0.15, 0.2) is 0 Å². The molecule has 1 aliphatic heterocycles. The first-order valence-electron chi connectivity index (χ1n) is 4.11. The molecule has 0 aromatic rings. The van der Waals surface area contributed by atoms with Gasteiger partial charge in [-0.3, -0.25) is 4.90 Å². The van der Waals surface area contributed by atoms with Gasteiger partial charge in [-0.15, -0.1) is 0 Å². The van der Waals surface area contributed by atoms with Gasteiger partial charge >= 0.3 is 0 Å². The topological polar surface area (TPSA) is 90.0 Å². The van der Waals surface area contributed by atoms with Crippen molar-refractivity contribution in [3.05, 3.63) is 0 Å². The van der Waals surface area contributed by atoms with Gasteiger partial charge in [-0.05, 0) is 0 Å². The van der Waals surface area contributed by atoms with Crippen LogP contribution in [0.5, 0.6) is 0 Å². The summed E-state index contributed by atoms with van der Waals surface area (Å²) in [5.41, 5.74) is 5.41. The first kappa shape index (κ1) is 9.88. The van der Waals surface area contributed by atoms with Gasteiger partial charge in [0.05, 0.1) is 24.9 Å². The van der Waals surface area contributed by atoms with E-state index < -0.39 is 12.2 Å². The maximum Gasteiger partial charge on any atom is 0.0978 e. The van der Waals surface area contributed by atoms with E-state index in [1.165, 1.54) is 0 Å². The lowest BCUT2D eigenvalue weighted by Gasteiger charge is -2.22. The number of aliphatic hydroxyl groups excluding tert-OH is 3. The van der Waals surface area contributed by atoms with Gasteiger partial charge in [-0.2, -0.15) is 0 Å². The van der Waals surface area contributed by atoms with Crippen LogP contribution in [-0.2, 0) is 0 Å². The molecule has 0 amide bonds. The number of β-amino-alcohol motifs (C(OH)–C–C–N with tert-alkyl or cyclic N) is 2. The molecule has 1 aliphatic rings. The summed E-state index contributed by atoms with van der Waals surface area (Å²) in [6.07, 6.45) is -1.51. The summed E-state index contributed by atoms with van der Waals surface area (Å²) >= 11 is 0.